The maximum absolute atomic E-state index is 10.2. The summed E-state index contributed by atoms with van der Waals surface area (Å²) >= 11 is 0. The maximum Gasteiger partial charge on any atom is 0.224 e. The fourth-order valence-electron chi connectivity index (χ4n) is 3.51. The van der Waals surface area contributed by atoms with Crippen LogP contribution < -0.4 is 5.32 Å². The second-order valence-corrected chi connectivity index (χ2v) is 7.73. The summed E-state index contributed by atoms with van der Waals surface area (Å²) in [7, 11) is 0. The highest BCUT2D eigenvalue weighted by molar-refractivity contribution is 5.74. The van der Waals surface area contributed by atoms with E-state index in [1.165, 1.54) is 12.8 Å². The lowest BCUT2D eigenvalue weighted by atomic mass is 10.0. The Morgan fingerprint density at radius 1 is 1.12 bits per heavy atom. The van der Waals surface area contributed by atoms with Crippen molar-refractivity contribution in [2.24, 2.45) is 5.92 Å². The van der Waals surface area contributed by atoms with Gasteiger partial charge in [-0.1, -0.05) is 13.8 Å². The standard InChI is InChI=1S/C19H27N5O/c1-12(2)18(25)24-9-7-15(8-10-24)21-19-20-11-14-5-6-16(13-3-4-13)22-17(14)23-19/h5-6,11-13,15,18,25H,3-4,7-10H2,1-2H3,(H,20,21,22,23). The number of hydrogen-bond acceptors (Lipinski definition) is 6. The number of hydrogen-bond donors (Lipinski definition) is 2. The van der Waals surface area contributed by atoms with E-state index in [4.69, 9.17) is 4.98 Å². The van der Waals surface area contributed by atoms with Gasteiger partial charge in [-0.3, -0.25) is 4.90 Å². The smallest absolute Gasteiger partial charge is 0.224 e. The molecular weight excluding hydrogens is 314 g/mol. The van der Waals surface area contributed by atoms with Crippen LogP contribution in [0.5, 0.6) is 0 Å². The zero-order valence-corrected chi connectivity index (χ0v) is 15.0. The molecule has 1 unspecified atom stereocenters. The minimum Gasteiger partial charge on any atom is -0.378 e. The average Bonchev–Trinajstić information content (AvgIpc) is 3.46. The topological polar surface area (TPSA) is 74.2 Å². The fraction of sp³-hybridized carbons (Fsp3) is 0.632. The Morgan fingerprint density at radius 3 is 2.56 bits per heavy atom. The number of aromatic nitrogens is 3. The summed E-state index contributed by atoms with van der Waals surface area (Å²) < 4.78 is 0. The van der Waals surface area contributed by atoms with E-state index in [1.54, 1.807) is 0 Å². The molecule has 4 rings (SSSR count). The zero-order chi connectivity index (χ0) is 17.4. The summed E-state index contributed by atoms with van der Waals surface area (Å²) in [5.74, 6) is 1.56. The lowest BCUT2D eigenvalue weighted by Gasteiger charge is -2.36. The van der Waals surface area contributed by atoms with E-state index in [2.05, 4.69) is 46.2 Å². The number of rotatable bonds is 5. The Labute approximate surface area is 148 Å². The molecule has 2 N–H and O–H groups in total. The van der Waals surface area contributed by atoms with Gasteiger partial charge >= 0.3 is 0 Å². The first-order chi connectivity index (χ1) is 12.1. The molecule has 6 nitrogen and oxygen atoms in total. The molecule has 2 fully saturated rings. The third-order valence-corrected chi connectivity index (χ3v) is 5.29. The van der Waals surface area contributed by atoms with Crippen LogP contribution in [0.4, 0.5) is 5.95 Å². The van der Waals surface area contributed by atoms with Crippen molar-refractivity contribution < 1.29 is 5.11 Å². The fourth-order valence-corrected chi connectivity index (χ4v) is 3.51. The first-order valence-electron chi connectivity index (χ1n) is 9.42. The quantitative estimate of drug-likeness (QED) is 0.871. The molecule has 0 radical (unpaired) electrons. The highest BCUT2D eigenvalue weighted by Gasteiger charge is 2.26. The number of pyridine rings is 1. The van der Waals surface area contributed by atoms with E-state index in [-0.39, 0.29) is 12.1 Å². The van der Waals surface area contributed by atoms with Gasteiger partial charge in [0.25, 0.3) is 0 Å². The molecular formula is C19H27N5O. The second-order valence-electron chi connectivity index (χ2n) is 7.73. The van der Waals surface area contributed by atoms with Crippen LogP contribution in [-0.4, -0.2) is 50.3 Å². The van der Waals surface area contributed by atoms with Crippen molar-refractivity contribution >= 4 is 17.0 Å². The Balaban J connectivity index is 1.41. The number of fused-ring (bicyclic) bond motifs is 1. The third-order valence-electron chi connectivity index (χ3n) is 5.29. The maximum atomic E-state index is 10.2. The molecule has 1 atom stereocenters. The number of likely N-dealkylation sites (tertiary alicyclic amines) is 1. The molecule has 1 saturated heterocycles. The molecule has 25 heavy (non-hydrogen) atoms. The molecule has 6 heteroatoms. The molecule has 0 spiro atoms. The molecule has 3 heterocycles. The van der Waals surface area contributed by atoms with E-state index in [0.717, 1.165) is 42.7 Å². The lowest BCUT2D eigenvalue weighted by molar-refractivity contribution is -0.0404. The predicted octanol–water partition coefficient (Wildman–Crippen LogP) is 2.75. The normalized spacial score (nSPS) is 21.0. The van der Waals surface area contributed by atoms with Crippen LogP contribution in [-0.2, 0) is 0 Å². The SMILES string of the molecule is CC(C)C(O)N1CCC(Nc2ncc3ccc(C4CC4)nc3n2)CC1. The van der Waals surface area contributed by atoms with Gasteiger partial charge in [-0.15, -0.1) is 0 Å². The number of nitrogens with zero attached hydrogens (tertiary/aromatic N) is 4. The molecule has 0 aromatic carbocycles. The van der Waals surface area contributed by atoms with Gasteiger partial charge in [0, 0.05) is 42.3 Å². The van der Waals surface area contributed by atoms with Gasteiger partial charge in [0.2, 0.25) is 5.95 Å². The van der Waals surface area contributed by atoms with Crippen LogP contribution in [0, 0.1) is 5.92 Å². The summed E-state index contributed by atoms with van der Waals surface area (Å²) in [5, 5.41) is 14.6. The van der Waals surface area contributed by atoms with Crippen LogP contribution in [0.25, 0.3) is 11.0 Å². The third kappa shape index (κ3) is 3.75. The summed E-state index contributed by atoms with van der Waals surface area (Å²) in [6, 6.07) is 4.53. The largest absolute Gasteiger partial charge is 0.378 e. The van der Waals surface area contributed by atoms with Crippen molar-refractivity contribution in [2.75, 3.05) is 18.4 Å². The van der Waals surface area contributed by atoms with Crippen LogP contribution in [0.15, 0.2) is 18.3 Å². The highest BCUT2D eigenvalue weighted by Crippen LogP contribution is 2.39. The van der Waals surface area contributed by atoms with Crippen LogP contribution in [0.2, 0.25) is 0 Å². The van der Waals surface area contributed by atoms with Crippen molar-refractivity contribution in [3.8, 4) is 0 Å². The van der Waals surface area contributed by atoms with E-state index in [0.29, 0.717) is 17.9 Å². The second kappa shape index (κ2) is 6.84. The molecule has 2 aromatic heterocycles. The van der Waals surface area contributed by atoms with Crippen molar-refractivity contribution in [3.63, 3.8) is 0 Å². The Hall–Kier alpha value is -1.79. The van der Waals surface area contributed by atoms with Gasteiger partial charge in [-0.2, -0.15) is 4.98 Å². The van der Waals surface area contributed by atoms with Crippen molar-refractivity contribution in [2.45, 2.75) is 57.7 Å². The number of aliphatic hydroxyl groups excluding tert-OH is 1. The molecule has 0 amide bonds. The van der Waals surface area contributed by atoms with Crippen molar-refractivity contribution in [3.05, 3.63) is 24.0 Å². The van der Waals surface area contributed by atoms with Gasteiger partial charge in [-0.05, 0) is 43.7 Å². The number of nitrogens with one attached hydrogen (secondary N) is 1. The molecule has 134 valence electrons. The van der Waals surface area contributed by atoms with Gasteiger partial charge in [0.1, 0.15) is 6.23 Å². The van der Waals surface area contributed by atoms with Crippen LogP contribution >= 0.6 is 0 Å². The van der Waals surface area contributed by atoms with E-state index < -0.39 is 0 Å². The monoisotopic (exact) mass is 341 g/mol. The number of aliphatic hydroxyl groups is 1. The number of piperidine rings is 1. The van der Waals surface area contributed by atoms with E-state index in [1.807, 2.05) is 6.20 Å². The lowest BCUT2D eigenvalue weighted by Crippen LogP contribution is -2.46. The molecule has 1 aliphatic carbocycles. The Bertz CT molecular complexity index is 738. The zero-order valence-electron chi connectivity index (χ0n) is 15.0. The predicted molar refractivity (Wildman–Crippen MR) is 98.4 cm³/mol. The summed E-state index contributed by atoms with van der Waals surface area (Å²) in [5.41, 5.74) is 1.95. The summed E-state index contributed by atoms with van der Waals surface area (Å²) in [6.07, 6.45) is 5.97. The minimum absolute atomic E-state index is 0.264. The molecule has 2 aromatic rings. The summed E-state index contributed by atoms with van der Waals surface area (Å²) in [6.45, 7) is 5.91. The summed E-state index contributed by atoms with van der Waals surface area (Å²) in [4.78, 5) is 15.9. The highest BCUT2D eigenvalue weighted by atomic mass is 16.3. The van der Waals surface area contributed by atoms with Gasteiger partial charge in [-0.25, -0.2) is 9.97 Å². The first kappa shape index (κ1) is 16.7. The van der Waals surface area contributed by atoms with Crippen LogP contribution in [0.1, 0.15) is 51.1 Å². The van der Waals surface area contributed by atoms with E-state index >= 15 is 0 Å². The Kier molecular flexibility index (Phi) is 4.56. The molecule has 0 bridgehead atoms. The molecule has 2 aliphatic rings. The van der Waals surface area contributed by atoms with Crippen molar-refractivity contribution in [1.82, 2.24) is 19.9 Å². The average molecular weight is 341 g/mol. The van der Waals surface area contributed by atoms with Crippen molar-refractivity contribution in [1.29, 1.82) is 0 Å². The minimum atomic E-state index is -0.345. The van der Waals surface area contributed by atoms with Gasteiger partial charge in [0.05, 0.1) is 0 Å². The van der Waals surface area contributed by atoms with E-state index in [9.17, 15) is 5.11 Å². The molecule has 1 aliphatic heterocycles. The van der Waals surface area contributed by atoms with Crippen LogP contribution in [0.3, 0.4) is 0 Å². The molecule has 1 saturated carbocycles. The van der Waals surface area contributed by atoms with Gasteiger partial charge < -0.3 is 10.4 Å². The van der Waals surface area contributed by atoms with Gasteiger partial charge in [0.15, 0.2) is 5.65 Å². The first-order valence-corrected chi connectivity index (χ1v) is 9.42. The number of anilines is 1. The Morgan fingerprint density at radius 2 is 1.88 bits per heavy atom.